The SMILES string of the molecule is CCC(CNC(=O)OCC1c2ccccc2-c2ccccc21)CC(=O)NC(C(=O)O)C(C)OCc1ccccc1. The number of nitrogens with one attached hydrogen (secondary N) is 2. The Balaban J connectivity index is 1.24. The fraction of sp³-hybridized carbons (Fsp3) is 0.344. The van der Waals surface area contributed by atoms with Crippen molar-refractivity contribution in [3.05, 3.63) is 95.6 Å². The Hall–Kier alpha value is -4.17. The van der Waals surface area contributed by atoms with Crippen molar-refractivity contribution in [3.8, 4) is 11.1 Å². The number of hydrogen-bond donors (Lipinski definition) is 3. The Morgan fingerprint density at radius 3 is 2.10 bits per heavy atom. The molecule has 3 atom stereocenters. The van der Waals surface area contributed by atoms with Gasteiger partial charge in [-0.3, -0.25) is 4.79 Å². The Bertz CT molecular complexity index is 1270. The number of carbonyl (C=O) groups is 3. The highest BCUT2D eigenvalue weighted by Crippen LogP contribution is 2.44. The molecule has 0 spiro atoms. The minimum absolute atomic E-state index is 0.0371. The molecule has 0 bridgehead atoms. The fourth-order valence-electron chi connectivity index (χ4n) is 5.01. The molecule has 1 aliphatic carbocycles. The number of amides is 2. The lowest BCUT2D eigenvalue weighted by molar-refractivity contribution is -0.146. The first kappa shape index (κ1) is 28.8. The highest BCUT2D eigenvalue weighted by atomic mass is 16.5. The summed E-state index contributed by atoms with van der Waals surface area (Å²) in [6.45, 7) is 4.22. The molecular weight excluding hydrogens is 508 g/mol. The van der Waals surface area contributed by atoms with Gasteiger partial charge in [0.2, 0.25) is 5.91 Å². The number of aliphatic carboxylic acids is 1. The maximum Gasteiger partial charge on any atom is 0.407 e. The van der Waals surface area contributed by atoms with Crippen LogP contribution in [-0.2, 0) is 25.7 Å². The van der Waals surface area contributed by atoms with Crippen LogP contribution in [0.3, 0.4) is 0 Å². The van der Waals surface area contributed by atoms with Crippen LogP contribution >= 0.6 is 0 Å². The van der Waals surface area contributed by atoms with Crippen LogP contribution in [0.1, 0.15) is 49.3 Å². The second-order valence-electron chi connectivity index (χ2n) is 10.1. The summed E-state index contributed by atoms with van der Waals surface area (Å²) in [5.41, 5.74) is 5.49. The standard InChI is InChI=1S/C32H36N2O6/c1-3-22(17-29(35)34-30(31(36)37)21(2)39-19-23-11-5-4-6-12-23)18-33-32(38)40-20-28-26-15-9-7-13-24(26)25-14-8-10-16-27(25)28/h4-16,21-22,28,30H,3,17-20H2,1-2H3,(H,33,38)(H,34,35)(H,36,37). The third kappa shape index (κ3) is 7.27. The molecule has 0 heterocycles. The summed E-state index contributed by atoms with van der Waals surface area (Å²) in [6, 6.07) is 24.5. The van der Waals surface area contributed by atoms with Gasteiger partial charge in [0.05, 0.1) is 12.7 Å². The van der Waals surface area contributed by atoms with Gasteiger partial charge < -0.3 is 25.2 Å². The van der Waals surface area contributed by atoms with Crippen molar-refractivity contribution in [3.63, 3.8) is 0 Å². The molecule has 40 heavy (non-hydrogen) atoms. The Labute approximate surface area is 234 Å². The van der Waals surface area contributed by atoms with Gasteiger partial charge in [-0.1, -0.05) is 92.2 Å². The van der Waals surface area contributed by atoms with E-state index in [-0.39, 0.29) is 38.0 Å². The maximum absolute atomic E-state index is 12.7. The molecule has 8 nitrogen and oxygen atoms in total. The van der Waals surface area contributed by atoms with E-state index < -0.39 is 30.1 Å². The molecule has 0 aliphatic heterocycles. The predicted octanol–water partition coefficient (Wildman–Crippen LogP) is 5.12. The van der Waals surface area contributed by atoms with Crippen LogP contribution in [0, 0.1) is 5.92 Å². The zero-order valence-electron chi connectivity index (χ0n) is 22.8. The number of carboxylic acid groups (broad SMARTS) is 1. The number of fused-ring (bicyclic) bond motifs is 3. The minimum atomic E-state index is -1.19. The largest absolute Gasteiger partial charge is 0.480 e. The zero-order chi connectivity index (χ0) is 28.5. The van der Waals surface area contributed by atoms with E-state index in [9.17, 15) is 19.5 Å². The van der Waals surface area contributed by atoms with Gasteiger partial charge in [-0.2, -0.15) is 0 Å². The summed E-state index contributed by atoms with van der Waals surface area (Å²) in [5.74, 6) is -1.80. The summed E-state index contributed by atoms with van der Waals surface area (Å²) in [6.07, 6.45) is -0.600. The van der Waals surface area contributed by atoms with Crippen molar-refractivity contribution in [1.82, 2.24) is 10.6 Å². The molecule has 0 radical (unpaired) electrons. The summed E-state index contributed by atoms with van der Waals surface area (Å²) in [5, 5.41) is 15.0. The van der Waals surface area contributed by atoms with Crippen molar-refractivity contribution in [1.29, 1.82) is 0 Å². The molecule has 0 saturated heterocycles. The van der Waals surface area contributed by atoms with Gasteiger partial charge in [0, 0.05) is 18.9 Å². The number of ether oxygens (including phenoxy) is 2. The Morgan fingerprint density at radius 2 is 1.50 bits per heavy atom. The Kier molecular flexibility index (Phi) is 9.91. The third-order valence-corrected chi connectivity index (χ3v) is 7.34. The molecular formula is C32H36N2O6. The normalized spacial score (nSPS) is 14.3. The van der Waals surface area contributed by atoms with Crippen molar-refractivity contribution in [2.45, 2.75) is 51.4 Å². The average molecular weight is 545 g/mol. The second kappa shape index (κ2) is 13.8. The van der Waals surface area contributed by atoms with E-state index in [4.69, 9.17) is 9.47 Å². The van der Waals surface area contributed by atoms with E-state index in [0.717, 1.165) is 27.8 Å². The van der Waals surface area contributed by atoms with Gasteiger partial charge in [-0.05, 0) is 40.7 Å². The molecule has 1 aliphatic rings. The molecule has 0 fully saturated rings. The van der Waals surface area contributed by atoms with Crippen LogP contribution in [0.4, 0.5) is 4.79 Å². The number of carbonyl (C=O) groups excluding carboxylic acids is 2. The average Bonchev–Trinajstić information content (AvgIpc) is 3.29. The number of rotatable bonds is 13. The van der Waals surface area contributed by atoms with E-state index in [0.29, 0.717) is 6.42 Å². The van der Waals surface area contributed by atoms with Crippen molar-refractivity contribution >= 4 is 18.0 Å². The maximum atomic E-state index is 12.7. The van der Waals surface area contributed by atoms with E-state index in [1.807, 2.05) is 61.5 Å². The summed E-state index contributed by atoms with van der Waals surface area (Å²) >= 11 is 0. The van der Waals surface area contributed by atoms with E-state index in [1.165, 1.54) is 0 Å². The molecule has 3 unspecified atom stereocenters. The predicted molar refractivity (Wildman–Crippen MR) is 152 cm³/mol. The van der Waals surface area contributed by atoms with Gasteiger partial charge in [-0.25, -0.2) is 9.59 Å². The van der Waals surface area contributed by atoms with Crippen molar-refractivity contribution in [2.75, 3.05) is 13.2 Å². The Morgan fingerprint density at radius 1 is 0.900 bits per heavy atom. The highest BCUT2D eigenvalue weighted by molar-refractivity contribution is 5.84. The van der Waals surface area contributed by atoms with E-state index in [2.05, 4.69) is 34.9 Å². The molecule has 3 N–H and O–H groups in total. The number of benzene rings is 3. The molecule has 4 rings (SSSR count). The lowest BCUT2D eigenvalue weighted by Gasteiger charge is -2.23. The molecule has 3 aromatic carbocycles. The first-order chi connectivity index (χ1) is 19.4. The first-order valence-corrected chi connectivity index (χ1v) is 13.6. The smallest absolute Gasteiger partial charge is 0.407 e. The van der Waals surface area contributed by atoms with E-state index in [1.54, 1.807) is 6.92 Å². The summed E-state index contributed by atoms with van der Waals surface area (Å²) < 4.78 is 11.3. The lowest BCUT2D eigenvalue weighted by Crippen LogP contribution is -2.49. The molecule has 0 saturated carbocycles. The van der Waals surface area contributed by atoms with Crippen LogP contribution in [0.5, 0.6) is 0 Å². The highest BCUT2D eigenvalue weighted by Gasteiger charge is 2.30. The third-order valence-electron chi connectivity index (χ3n) is 7.34. The van der Waals surface area contributed by atoms with Crippen LogP contribution in [-0.4, -0.2) is 48.4 Å². The van der Waals surface area contributed by atoms with Gasteiger partial charge in [0.1, 0.15) is 6.61 Å². The van der Waals surface area contributed by atoms with Gasteiger partial charge >= 0.3 is 12.1 Å². The lowest BCUT2D eigenvalue weighted by atomic mass is 9.98. The second-order valence-corrected chi connectivity index (χ2v) is 10.1. The van der Waals surface area contributed by atoms with Gasteiger partial charge in [0.15, 0.2) is 6.04 Å². The van der Waals surface area contributed by atoms with Gasteiger partial charge in [0.25, 0.3) is 0 Å². The minimum Gasteiger partial charge on any atom is -0.480 e. The van der Waals surface area contributed by atoms with Crippen LogP contribution in [0.25, 0.3) is 11.1 Å². The number of carboxylic acids is 1. The van der Waals surface area contributed by atoms with E-state index >= 15 is 0 Å². The number of alkyl carbamates (subject to hydrolysis) is 1. The fourth-order valence-corrected chi connectivity index (χ4v) is 5.01. The number of hydrogen-bond acceptors (Lipinski definition) is 5. The summed E-state index contributed by atoms with van der Waals surface area (Å²) in [4.78, 5) is 37.1. The molecule has 3 aromatic rings. The zero-order valence-corrected chi connectivity index (χ0v) is 22.8. The molecule has 0 aromatic heterocycles. The molecule has 8 heteroatoms. The monoisotopic (exact) mass is 544 g/mol. The summed E-state index contributed by atoms with van der Waals surface area (Å²) in [7, 11) is 0. The van der Waals surface area contributed by atoms with Crippen molar-refractivity contribution in [2.24, 2.45) is 5.92 Å². The van der Waals surface area contributed by atoms with Crippen molar-refractivity contribution < 1.29 is 29.0 Å². The topological polar surface area (TPSA) is 114 Å². The quantitative estimate of drug-likeness (QED) is 0.275. The first-order valence-electron chi connectivity index (χ1n) is 13.6. The van der Waals surface area contributed by atoms with Crippen LogP contribution < -0.4 is 10.6 Å². The van der Waals surface area contributed by atoms with Crippen LogP contribution in [0.15, 0.2) is 78.9 Å². The van der Waals surface area contributed by atoms with Gasteiger partial charge in [-0.15, -0.1) is 0 Å². The van der Waals surface area contributed by atoms with Crippen LogP contribution in [0.2, 0.25) is 0 Å². The molecule has 210 valence electrons. The molecule has 2 amide bonds.